The second kappa shape index (κ2) is 10.1. The van der Waals surface area contributed by atoms with Gasteiger partial charge in [0.1, 0.15) is 6.10 Å². The zero-order valence-corrected chi connectivity index (χ0v) is 26.6. The second-order valence-electron chi connectivity index (χ2n) is 16.1. The summed E-state index contributed by atoms with van der Waals surface area (Å²) in [6.45, 7) is 18.7. The number of fused-ring (bicyclic) bond motifs is 7. The average molecular weight is 571 g/mol. The summed E-state index contributed by atoms with van der Waals surface area (Å²) in [5, 5.41) is 10.6. The fourth-order valence-corrected chi connectivity index (χ4v) is 12.2. The molecule has 6 heteroatoms. The van der Waals surface area contributed by atoms with Crippen LogP contribution in [0.25, 0.3) is 0 Å². The Hall–Kier alpha value is -1.85. The molecule has 0 aliphatic heterocycles. The number of esters is 2. The van der Waals surface area contributed by atoms with Gasteiger partial charge < -0.3 is 14.6 Å². The Morgan fingerprint density at radius 1 is 0.805 bits per heavy atom. The number of ether oxygens (including phenoxy) is 2. The fourth-order valence-electron chi connectivity index (χ4n) is 12.2. The van der Waals surface area contributed by atoms with Crippen LogP contribution in [0, 0.1) is 56.7 Å². The first-order chi connectivity index (χ1) is 19.1. The quantitative estimate of drug-likeness (QED) is 0.261. The lowest BCUT2D eigenvalue weighted by molar-refractivity contribution is -0.250. The van der Waals surface area contributed by atoms with Crippen LogP contribution in [0.1, 0.15) is 119 Å². The van der Waals surface area contributed by atoms with Gasteiger partial charge in [0.25, 0.3) is 0 Å². The largest absolute Gasteiger partial charge is 0.481 e. The highest BCUT2D eigenvalue weighted by atomic mass is 16.5. The van der Waals surface area contributed by atoms with Crippen LogP contribution in [0.4, 0.5) is 0 Å². The van der Waals surface area contributed by atoms with Crippen molar-refractivity contribution in [1.82, 2.24) is 0 Å². The Labute approximate surface area is 247 Å². The van der Waals surface area contributed by atoms with Crippen LogP contribution in [-0.4, -0.2) is 36.2 Å². The molecule has 5 saturated carbocycles. The number of methoxy groups -OCH3 is 1. The van der Waals surface area contributed by atoms with Gasteiger partial charge in [-0.2, -0.15) is 0 Å². The summed E-state index contributed by atoms with van der Waals surface area (Å²) >= 11 is 0. The molecule has 0 aromatic carbocycles. The van der Waals surface area contributed by atoms with Gasteiger partial charge >= 0.3 is 17.9 Å². The lowest BCUT2D eigenvalue weighted by Crippen LogP contribution is -2.67. The summed E-state index contributed by atoms with van der Waals surface area (Å²) in [7, 11) is 1.34. The van der Waals surface area contributed by atoms with Crippen LogP contribution in [0.2, 0.25) is 0 Å². The lowest BCUT2D eigenvalue weighted by Gasteiger charge is -2.72. The molecule has 0 saturated heterocycles. The van der Waals surface area contributed by atoms with E-state index in [1.165, 1.54) is 12.7 Å². The van der Waals surface area contributed by atoms with E-state index in [2.05, 4.69) is 48.1 Å². The Kier molecular flexibility index (Phi) is 7.55. The molecular weight excluding hydrogens is 516 g/mol. The number of allylic oxidation sites excluding steroid dienone is 1. The standard InChI is InChI=1S/C35H54O6/c1-21(2)22-13-18-35(30(38)39)20-19-33(6)23(29(22)35)9-10-25-32(5)16-15-26(41-28(37)12-11-27(36)40-8)31(3,4)24(32)14-17-34(25,33)7/h22-26,29H,1,9-20H2,2-8H3,(H,38,39)/t22-,23+,24?,25+,26-,29+,32-,33+,34+,35-/m0/s1. The molecule has 0 radical (unpaired) electrons. The Morgan fingerprint density at radius 2 is 1.49 bits per heavy atom. The van der Waals surface area contributed by atoms with E-state index in [1.54, 1.807) is 0 Å². The first-order valence-corrected chi connectivity index (χ1v) is 16.2. The third kappa shape index (κ3) is 4.26. The molecule has 230 valence electrons. The molecule has 10 atom stereocenters. The summed E-state index contributed by atoms with van der Waals surface area (Å²) in [5.41, 5.74) is 0.821. The van der Waals surface area contributed by atoms with Crippen molar-refractivity contribution in [2.75, 3.05) is 7.11 Å². The van der Waals surface area contributed by atoms with Gasteiger partial charge in [-0.25, -0.2) is 0 Å². The Bertz CT molecular complexity index is 1110. The van der Waals surface area contributed by atoms with E-state index in [0.717, 1.165) is 64.2 Å². The van der Waals surface area contributed by atoms with Crippen molar-refractivity contribution < 1.29 is 29.0 Å². The van der Waals surface area contributed by atoms with Crippen molar-refractivity contribution in [2.24, 2.45) is 56.7 Å². The molecule has 1 N–H and O–H groups in total. The normalized spacial score (nSPS) is 46.2. The van der Waals surface area contributed by atoms with Gasteiger partial charge in [0.2, 0.25) is 0 Å². The van der Waals surface area contributed by atoms with Gasteiger partial charge in [-0.3, -0.25) is 14.4 Å². The van der Waals surface area contributed by atoms with Gasteiger partial charge in [0, 0.05) is 5.41 Å². The molecule has 5 aliphatic rings. The summed E-state index contributed by atoms with van der Waals surface area (Å²) in [6, 6.07) is 0. The van der Waals surface area contributed by atoms with Crippen molar-refractivity contribution in [3.8, 4) is 0 Å². The molecule has 1 unspecified atom stereocenters. The highest BCUT2D eigenvalue weighted by Crippen LogP contribution is 2.77. The molecule has 0 spiro atoms. The van der Waals surface area contributed by atoms with Crippen LogP contribution < -0.4 is 0 Å². The Balaban J connectivity index is 1.41. The maximum atomic E-state index is 12.9. The minimum absolute atomic E-state index is 0.0558. The van der Waals surface area contributed by atoms with Crippen LogP contribution in [0.3, 0.4) is 0 Å². The molecule has 5 fully saturated rings. The summed E-state index contributed by atoms with van der Waals surface area (Å²) in [4.78, 5) is 37.1. The maximum Gasteiger partial charge on any atom is 0.309 e. The summed E-state index contributed by atoms with van der Waals surface area (Å²) in [5.74, 6) is 0.656. The van der Waals surface area contributed by atoms with E-state index in [1.807, 2.05) is 0 Å². The van der Waals surface area contributed by atoms with Crippen molar-refractivity contribution in [3.05, 3.63) is 12.2 Å². The molecule has 0 aromatic heterocycles. The number of hydrogen-bond acceptors (Lipinski definition) is 5. The van der Waals surface area contributed by atoms with E-state index in [4.69, 9.17) is 9.47 Å². The maximum absolute atomic E-state index is 12.9. The molecule has 41 heavy (non-hydrogen) atoms. The molecule has 6 nitrogen and oxygen atoms in total. The highest BCUT2D eigenvalue weighted by molar-refractivity contribution is 5.77. The minimum atomic E-state index is -0.587. The smallest absolute Gasteiger partial charge is 0.309 e. The zero-order valence-electron chi connectivity index (χ0n) is 26.6. The van der Waals surface area contributed by atoms with Gasteiger partial charge in [0.05, 0.1) is 25.4 Å². The number of carbonyl (C=O) groups is 3. The lowest BCUT2D eigenvalue weighted by atomic mass is 9.32. The first kappa shape index (κ1) is 30.6. The third-order valence-corrected chi connectivity index (χ3v) is 14.5. The average Bonchev–Trinajstić information content (AvgIpc) is 3.31. The summed E-state index contributed by atoms with van der Waals surface area (Å²) in [6.07, 6.45) is 9.91. The van der Waals surface area contributed by atoms with Crippen LogP contribution in [0.5, 0.6) is 0 Å². The van der Waals surface area contributed by atoms with Crippen LogP contribution >= 0.6 is 0 Å². The van der Waals surface area contributed by atoms with E-state index < -0.39 is 11.4 Å². The molecule has 5 aliphatic carbocycles. The molecule has 0 amide bonds. The number of aliphatic carboxylic acids is 1. The molecule has 0 bridgehead atoms. The van der Waals surface area contributed by atoms with Crippen molar-refractivity contribution >= 4 is 17.9 Å². The number of carbonyl (C=O) groups excluding carboxylic acids is 2. The van der Waals surface area contributed by atoms with Gasteiger partial charge in [-0.05, 0) is 117 Å². The zero-order chi connectivity index (χ0) is 30.2. The molecule has 0 aromatic rings. The number of carboxylic acids is 1. The first-order valence-electron chi connectivity index (χ1n) is 16.2. The molecule has 5 rings (SSSR count). The monoisotopic (exact) mass is 570 g/mol. The van der Waals surface area contributed by atoms with E-state index in [9.17, 15) is 19.5 Å². The SMILES string of the molecule is C=C(C)[C@@H]1CC[C@]2(C(=O)O)CC[C@]3(C)[C@H](CC[C@@H]4[C@@]5(C)CC[C@H](OC(=O)CCC(=O)OC)C(C)(C)C5CC[C@]43C)[C@@H]12. The second-order valence-corrected chi connectivity index (χ2v) is 16.1. The predicted molar refractivity (Wildman–Crippen MR) is 158 cm³/mol. The fraction of sp³-hybridized carbons (Fsp3) is 0.857. The summed E-state index contributed by atoms with van der Waals surface area (Å²) < 4.78 is 10.8. The molecular formula is C35H54O6. The van der Waals surface area contributed by atoms with Crippen molar-refractivity contribution in [3.63, 3.8) is 0 Å². The van der Waals surface area contributed by atoms with E-state index >= 15 is 0 Å². The van der Waals surface area contributed by atoms with Crippen molar-refractivity contribution in [2.45, 2.75) is 125 Å². The van der Waals surface area contributed by atoms with Gasteiger partial charge in [-0.15, -0.1) is 0 Å². The highest BCUT2D eigenvalue weighted by Gasteiger charge is 2.72. The van der Waals surface area contributed by atoms with Crippen molar-refractivity contribution in [1.29, 1.82) is 0 Å². The van der Waals surface area contributed by atoms with E-state index in [0.29, 0.717) is 23.7 Å². The molecule has 0 heterocycles. The van der Waals surface area contributed by atoms with E-state index in [-0.39, 0.29) is 58.5 Å². The third-order valence-electron chi connectivity index (χ3n) is 14.5. The van der Waals surface area contributed by atoms with Crippen LogP contribution in [0.15, 0.2) is 12.2 Å². The number of hydrogen-bond donors (Lipinski definition) is 1. The topological polar surface area (TPSA) is 89.9 Å². The van der Waals surface area contributed by atoms with Crippen LogP contribution in [-0.2, 0) is 23.9 Å². The van der Waals surface area contributed by atoms with Gasteiger partial charge in [-0.1, -0.05) is 46.8 Å². The minimum Gasteiger partial charge on any atom is -0.481 e. The van der Waals surface area contributed by atoms with Gasteiger partial charge in [0.15, 0.2) is 0 Å². The number of carboxylic acid groups (broad SMARTS) is 1. The predicted octanol–water partition coefficient (Wildman–Crippen LogP) is 7.59. The number of rotatable bonds is 6. The Morgan fingerprint density at radius 3 is 2.12 bits per heavy atom.